The molecule has 1 fully saturated rings. The molecule has 0 aromatic heterocycles. The lowest BCUT2D eigenvalue weighted by Crippen LogP contribution is -2.24. The highest BCUT2D eigenvalue weighted by Crippen LogP contribution is 2.44. The SMILES string of the molecule is CC1(CNCc2ccc3c(c2)CC(C)(C)O3)CC1. The first-order valence-corrected chi connectivity index (χ1v) is 6.97. The van der Waals surface area contributed by atoms with Crippen LogP contribution in [0.2, 0.25) is 0 Å². The average molecular weight is 245 g/mol. The molecule has 2 heteroatoms. The van der Waals surface area contributed by atoms with Crippen LogP contribution in [-0.4, -0.2) is 12.1 Å². The molecule has 98 valence electrons. The topological polar surface area (TPSA) is 21.3 Å². The molecule has 1 heterocycles. The summed E-state index contributed by atoms with van der Waals surface area (Å²) in [4.78, 5) is 0. The second-order valence-electron chi connectivity index (χ2n) is 6.89. The van der Waals surface area contributed by atoms with Crippen LogP contribution in [0.5, 0.6) is 5.75 Å². The fraction of sp³-hybridized carbons (Fsp3) is 0.625. The van der Waals surface area contributed by atoms with Gasteiger partial charge in [-0.2, -0.15) is 0 Å². The fourth-order valence-electron chi connectivity index (χ4n) is 2.67. The summed E-state index contributed by atoms with van der Waals surface area (Å²) < 4.78 is 5.90. The van der Waals surface area contributed by atoms with Gasteiger partial charge in [0.2, 0.25) is 0 Å². The van der Waals surface area contributed by atoms with Crippen LogP contribution in [0.3, 0.4) is 0 Å². The van der Waals surface area contributed by atoms with Gasteiger partial charge in [0, 0.05) is 19.5 Å². The van der Waals surface area contributed by atoms with Crippen molar-refractivity contribution in [3.63, 3.8) is 0 Å². The molecule has 1 saturated carbocycles. The molecule has 1 aromatic carbocycles. The largest absolute Gasteiger partial charge is 0.487 e. The van der Waals surface area contributed by atoms with Crippen molar-refractivity contribution in [3.8, 4) is 5.75 Å². The first-order valence-electron chi connectivity index (χ1n) is 6.97. The minimum atomic E-state index is -0.0319. The van der Waals surface area contributed by atoms with Crippen molar-refractivity contribution in [1.82, 2.24) is 5.32 Å². The zero-order valence-corrected chi connectivity index (χ0v) is 11.7. The van der Waals surface area contributed by atoms with Gasteiger partial charge in [0.1, 0.15) is 11.4 Å². The van der Waals surface area contributed by atoms with Gasteiger partial charge < -0.3 is 10.1 Å². The summed E-state index contributed by atoms with van der Waals surface area (Å²) in [6.45, 7) is 8.78. The average Bonchev–Trinajstić information content (AvgIpc) is 2.90. The lowest BCUT2D eigenvalue weighted by molar-refractivity contribution is 0.138. The molecule has 0 atom stereocenters. The molecule has 1 aliphatic heterocycles. The van der Waals surface area contributed by atoms with Gasteiger partial charge in [-0.25, -0.2) is 0 Å². The van der Waals surface area contributed by atoms with E-state index in [1.54, 1.807) is 0 Å². The van der Waals surface area contributed by atoms with Crippen molar-refractivity contribution >= 4 is 0 Å². The Balaban J connectivity index is 1.61. The summed E-state index contributed by atoms with van der Waals surface area (Å²) in [6, 6.07) is 6.61. The summed E-state index contributed by atoms with van der Waals surface area (Å²) in [5, 5.41) is 3.58. The summed E-state index contributed by atoms with van der Waals surface area (Å²) in [5.41, 5.74) is 3.29. The minimum absolute atomic E-state index is 0.0319. The zero-order chi connectivity index (χ0) is 12.8. The molecule has 0 unspecified atom stereocenters. The van der Waals surface area contributed by atoms with Gasteiger partial charge in [-0.3, -0.25) is 0 Å². The monoisotopic (exact) mass is 245 g/mol. The Hall–Kier alpha value is -1.02. The van der Waals surface area contributed by atoms with E-state index < -0.39 is 0 Å². The van der Waals surface area contributed by atoms with Gasteiger partial charge in [0.25, 0.3) is 0 Å². The van der Waals surface area contributed by atoms with Crippen molar-refractivity contribution in [2.45, 2.75) is 52.2 Å². The second kappa shape index (κ2) is 3.99. The number of hydrogen-bond donors (Lipinski definition) is 1. The highest BCUT2D eigenvalue weighted by Gasteiger charge is 2.36. The molecule has 2 nitrogen and oxygen atoms in total. The molecule has 3 rings (SSSR count). The molecule has 1 N–H and O–H groups in total. The maximum Gasteiger partial charge on any atom is 0.123 e. The van der Waals surface area contributed by atoms with Gasteiger partial charge in [0.05, 0.1) is 0 Å². The molecule has 0 spiro atoms. The highest BCUT2D eigenvalue weighted by molar-refractivity contribution is 5.41. The first-order chi connectivity index (χ1) is 8.46. The van der Waals surface area contributed by atoms with E-state index in [1.165, 1.54) is 24.0 Å². The maximum atomic E-state index is 5.90. The minimum Gasteiger partial charge on any atom is -0.487 e. The molecule has 0 bridgehead atoms. The van der Waals surface area contributed by atoms with E-state index in [2.05, 4.69) is 44.3 Å². The van der Waals surface area contributed by atoms with Crippen LogP contribution < -0.4 is 10.1 Å². The number of fused-ring (bicyclic) bond motifs is 1. The Morgan fingerprint density at radius 2 is 2.00 bits per heavy atom. The Labute approximate surface area is 110 Å². The van der Waals surface area contributed by atoms with Crippen LogP contribution in [-0.2, 0) is 13.0 Å². The predicted octanol–water partition coefficient (Wildman–Crippen LogP) is 3.29. The molecule has 18 heavy (non-hydrogen) atoms. The van der Waals surface area contributed by atoms with Crippen molar-refractivity contribution < 1.29 is 4.74 Å². The third kappa shape index (κ3) is 2.54. The van der Waals surface area contributed by atoms with E-state index in [0.717, 1.165) is 25.3 Å². The fourth-order valence-corrected chi connectivity index (χ4v) is 2.67. The Bertz CT molecular complexity index is 460. The van der Waals surface area contributed by atoms with E-state index in [9.17, 15) is 0 Å². The van der Waals surface area contributed by atoms with Crippen molar-refractivity contribution in [1.29, 1.82) is 0 Å². The van der Waals surface area contributed by atoms with E-state index in [0.29, 0.717) is 5.41 Å². The van der Waals surface area contributed by atoms with Crippen LogP contribution >= 0.6 is 0 Å². The molecule has 2 aliphatic rings. The van der Waals surface area contributed by atoms with Crippen LogP contribution in [0, 0.1) is 5.41 Å². The molecular formula is C16H23NO. The standard InChI is InChI=1S/C16H23NO/c1-15(2)9-13-8-12(4-5-14(13)18-15)10-17-11-16(3)6-7-16/h4-5,8,17H,6-7,9-11H2,1-3H3. The van der Waals surface area contributed by atoms with Gasteiger partial charge in [-0.15, -0.1) is 0 Å². The smallest absolute Gasteiger partial charge is 0.123 e. The van der Waals surface area contributed by atoms with Gasteiger partial charge >= 0.3 is 0 Å². The Morgan fingerprint density at radius 3 is 2.72 bits per heavy atom. The van der Waals surface area contributed by atoms with Crippen LogP contribution in [0.1, 0.15) is 44.7 Å². The van der Waals surface area contributed by atoms with Crippen LogP contribution in [0.15, 0.2) is 18.2 Å². The van der Waals surface area contributed by atoms with Gasteiger partial charge in [-0.05, 0) is 49.3 Å². The normalized spacial score (nSPS) is 22.4. The molecule has 1 aromatic rings. The van der Waals surface area contributed by atoms with Crippen molar-refractivity contribution in [3.05, 3.63) is 29.3 Å². The number of benzene rings is 1. The van der Waals surface area contributed by atoms with Crippen LogP contribution in [0.25, 0.3) is 0 Å². The second-order valence-corrected chi connectivity index (χ2v) is 6.89. The number of rotatable bonds is 4. The van der Waals surface area contributed by atoms with Gasteiger partial charge in [0.15, 0.2) is 0 Å². The van der Waals surface area contributed by atoms with Crippen molar-refractivity contribution in [2.24, 2.45) is 5.41 Å². The number of nitrogens with one attached hydrogen (secondary N) is 1. The molecule has 0 amide bonds. The predicted molar refractivity (Wildman–Crippen MR) is 73.9 cm³/mol. The molecule has 1 aliphatic carbocycles. The first kappa shape index (κ1) is 12.0. The lowest BCUT2D eigenvalue weighted by atomic mass is 10.00. The molecule has 0 saturated heterocycles. The highest BCUT2D eigenvalue weighted by atomic mass is 16.5. The maximum absolute atomic E-state index is 5.90. The Morgan fingerprint density at radius 1 is 1.22 bits per heavy atom. The van der Waals surface area contributed by atoms with Gasteiger partial charge in [-0.1, -0.05) is 19.1 Å². The third-order valence-electron chi connectivity index (χ3n) is 4.11. The van der Waals surface area contributed by atoms with E-state index in [-0.39, 0.29) is 5.60 Å². The van der Waals surface area contributed by atoms with E-state index in [4.69, 9.17) is 4.74 Å². The molecular weight excluding hydrogens is 222 g/mol. The zero-order valence-electron chi connectivity index (χ0n) is 11.7. The van der Waals surface area contributed by atoms with E-state index >= 15 is 0 Å². The lowest BCUT2D eigenvalue weighted by Gasteiger charge is -2.16. The quantitative estimate of drug-likeness (QED) is 0.879. The number of hydrogen-bond acceptors (Lipinski definition) is 2. The summed E-state index contributed by atoms with van der Waals surface area (Å²) in [7, 11) is 0. The molecule has 0 radical (unpaired) electrons. The van der Waals surface area contributed by atoms with E-state index in [1.807, 2.05) is 0 Å². The summed E-state index contributed by atoms with van der Waals surface area (Å²) >= 11 is 0. The summed E-state index contributed by atoms with van der Waals surface area (Å²) in [5.74, 6) is 1.07. The van der Waals surface area contributed by atoms with Crippen LogP contribution in [0.4, 0.5) is 0 Å². The number of ether oxygens (including phenoxy) is 1. The Kier molecular flexibility index (Phi) is 2.67. The van der Waals surface area contributed by atoms with Crippen molar-refractivity contribution in [2.75, 3.05) is 6.54 Å². The third-order valence-corrected chi connectivity index (χ3v) is 4.11. The summed E-state index contributed by atoms with van der Waals surface area (Å²) in [6.07, 6.45) is 3.78.